The Balaban J connectivity index is 4.78. The molecule has 0 saturated carbocycles. The van der Waals surface area contributed by atoms with Crippen LogP contribution in [0.2, 0.25) is 0 Å². The van der Waals surface area contributed by atoms with Gasteiger partial charge in [-0.1, -0.05) is 0 Å². The molecule has 0 aromatic rings. The number of rotatable bonds is 6. The first-order valence-electron chi connectivity index (χ1n) is 4.98. The molecule has 0 spiro atoms. The molecule has 0 radical (unpaired) electrons. The topological polar surface area (TPSA) is 96.0 Å². The molecule has 0 aliphatic heterocycles. The van der Waals surface area contributed by atoms with Gasteiger partial charge in [0.25, 0.3) is 11.9 Å². The minimum absolute atomic E-state index is 0.00724. The van der Waals surface area contributed by atoms with Crippen molar-refractivity contribution in [2.45, 2.75) is 26.9 Å². The zero-order chi connectivity index (χ0) is 13.4. The van der Waals surface area contributed by atoms with Crippen LogP contribution in [0.25, 0.3) is 0 Å². The van der Waals surface area contributed by atoms with Crippen LogP contribution < -0.4 is 0 Å². The highest BCUT2D eigenvalue weighted by Crippen LogP contribution is 2.01. The minimum Gasteiger partial charge on any atom is -0.463 e. The predicted molar refractivity (Wildman–Crippen MR) is 53.8 cm³/mol. The average molecular weight is 246 g/mol. The van der Waals surface area contributed by atoms with E-state index < -0.39 is 29.8 Å². The molecule has 0 heterocycles. The maximum Gasteiger partial charge on any atom is 0.379 e. The maximum atomic E-state index is 11.4. The molecular weight excluding hydrogens is 232 g/mol. The molecule has 7 nitrogen and oxygen atoms in total. The molecule has 96 valence electrons. The molecule has 0 aliphatic carbocycles. The Kier molecular flexibility index (Phi) is 6.54. The molecule has 0 N–H and O–H groups in total. The Morgan fingerprint density at radius 1 is 1.00 bits per heavy atom. The Morgan fingerprint density at radius 2 is 1.53 bits per heavy atom. The van der Waals surface area contributed by atoms with Crippen LogP contribution in [0.4, 0.5) is 0 Å². The van der Waals surface area contributed by atoms with Crippen molar-refractivity contribution in [3.05, 3.63) is 0 Å². The molecule has 7 heteroatoms. The van der Waals surface area contributed by atoms with E-state index in [4.69, 9.17) is 0 Å². The number of ether oxygens (including phenoxy) is 3. The summed E-state index contributed by atoms with van der Waals surface area (Å²) in [6, 6.07) is 0. The minimum atomic E-state index is -1.90. The van der Waals surface area contributed by atoms with Crippen LogP contribution in [-0.4, -0.2) is 43.0 Å². The molecule has 0 amide bonds. The standard InChI is InChI=1S/C10H14O7/c1-4-15-9(13)7(12)8(17-6(3)11)10(14)16-5-2/h8H,4-5H2,1-3H3. The highest BCUT2D eigenvalue weighted by Gasteiger charge is 2.36. The zero-order valence-corrected chi connectivity index (χ0v) is 9.85. The summed E-state index contributed by atoms with van der Waals surface area (Å²) in [6.45, 7) is 3.98. The van der Waals surface area contributed by atoms with Gasteiger partial charge in [-0.3, -0.25) is 9.59 Å². The van der Waals surface area contributed by atoms with Crippen molar-refractivity contribution in [2.24, 2.45) is 0 Å². The van der Waals surface area contributed by atoms with E-state index in [0.717, 1.165) is 6.92 Å². The Morgan fingerprint density at radius 3 is 1.94 bits per heavy atom. The van der Waals surface area contributed by atoms with E-state index in [1.165, 1.54) is 13.8 Å². The Bertz CT molecular complexity index is 321. The van der Waals surface area contributed by atoms with E-state index in [2.05, 4.69) is 14.2 Å². The number of carbonyl (C=O) groups excluding carboxylic acids is 4. The van der Waals surface area contributed by atoms with Gasteiger partial charge in [0.05, 0.1) is 13.2 Å². The van der Waals surface area contributed by atoms with Crippen LogP contribution in [0.3, 0.4) is 0 Å². The van der Waals surface area contributed by atoms with Crippen LogP contribution in [0.5, 0.6) is 0 Å². The van der Waals surface area contributed by atoms with E-state index in [-0.39, 0.29) is 13.2 Å². The van der Waals surface area contributed by atoms with Gasteiger partial charge in [-0.2, -0.15) is 0 Å². The van der Waals surface area contributed by atoms with E-state index in [0.29, 0.717) is 0 Å². The van der Waals surface area contributed by atoms with E-state index in [1.54, 1.807) is 0 Å². The third-order valence-electron chi connectivity index (χ3n) is 1.50. The first-order chi connectivity index (χ1) is 7.93. The molecule has 0 bridgehead atoms. The molecule has 0 saturated heterocycles. The number of hydrogen-bond acceptors (Lipinski definition) is 7. The largest absolute Gasteiger partial charge is 0.463 e. The van der Waals surface area contributed by atoms with Crippen molar-refractivity contribution >= 4 is 23.7 Å². The van der Waals surface area contributed by atoms with Crippen LogP contribution in [0.15, 0.2) is 0 Å². The first kappa shape index (κ1) is 15.1. The second-order valence-electron chi connectivity index (χ2n) is 2.83. The molecule has 0 fully saturated rings. The second kappa shape index (κ2) is 7.37. The lowest BCUT2D eigenvalue weighted by Gasteiger charge is -2.13. The molecule has 0 aliphatic rings. The summed E-state index contributed by atoms with van der Waals surface area (Å²) in [5, 5.41) is 0. The normalized spacial score (nSPS) is 11.2. The molecule has 0 rings (SSSR count). The Labute approximate surface area is 98.0 Å². The van der Waals surface area contributed by atoms with Crippen LogP contribution >= 0.6 is 0 Å². The van der Waals surface area contributed by atoms with Gasteiger partial charge in [0.2, 0.25) is 0 Å². The lowest BCUT2D eigenvalue weighted by molar-refractivity contribution is -0.174. The second-order valence-corrected chi connectivity index (χ2v) is 2.83. The predicted octanol–water partition coefficient (Wildman–Crippen LogP) is -0.387. The molecule has 1 atom stereocenters. The van der Waals surface area contributed by atoms with E-state index in [1.807, 2.05) is 0 Å². The smallest absolute Gasteiger partial charge is 0.379 e. The average Bonchev–Trinajstić information content (AvgIpc) is 2.25. The van der Waals surface area contributed by atoms with Crippen molar-refractivity contribution < 1.29 is 33.4 Å². The summed E-state index contributed by atoms with van der Waals surface area (Å²) in [6.07, 6.45) is -1.90. The summed E-state index contributed by atoms with van der Waals surface area (Å²) in [7, 11) is 0. The van der Waals surface area contributed by atoms with Crippen molar-refractivity contribution in [1.29, 1.82) is 0 Å². The van der Waals surface area contributed by atoms with Crippen molar-refractivity contribution in [3.8, 4) is 0 Å². The zero-order valence-electron chi connectivity index (χ0n) is 9.85. The fourth-order valence-electron chi connectivity index (χ4n) is 0.902. The lowest BCUT2D eigenvalue weighted by atomic mass is 10.2. The van der Waals surface area contributed by atoms with E-state index >= 15 is 0 Å². The van der Waals surface area contributed by atoms with Gasteiger partial charge < -0.3 is 14.2 Å². The van der Waals surface area contributed by atoms with Gasteiger partial charge >= 0.3 is 17.9 Å². The third kappa shape index (κ3) is 5.10. The Hall–Kier alpha value is -1.92. The summed E-state index contributed by atoms with van der Waals surface area (Å²) in [5.74, 6) is -4.48. The van der Waals surface area contributed by atoms with Crippen LogP contribution in [0.1, 0.15) is 20.8 Å². The summed E-state index contributed by atoms with van der Waals surface area (Å²) >= 11 is 0. The SMILES string of the molecule is CCOC(=O)C(=O)C(OC(C)=O)C(=O)OCC. The first-order valence-corrected chi connectivity index (χ1v) is 4.98. The van der Waals surface area contributed by atoms with Crippen LogP contribution in [0, 0.1) is 0 Å². The number of esters is 3. The van der Waals surface area contributed by atoms with Crippen LogP contribution in [-0.2, 0) is 33.4 Å². The molecule has 0 aromatic heterocycles. The summed E-state index contributed by atoms with van der Waals surface area (Å²) < 4.78 is 13.3. The van der Waals surface area contributed by atoms with Gasteiger partial charge in [0.1, 0.15) is 0 Å². The molecule has 1 unspecified atom stereocenters. The maximum absolute atomic E-state index is 11.4. The molecular formula is C10H14O7. The number of carbonyl (C=O) groups is 4. The van der Waals surface area contributed by atoms with Gasteiger partial charge in [0, 0.05) is 6.92 Å². The summed E-state index contributed by atoms with van der Waals surface area (Å²) in [4.78, 5) is 44.6. The van der Waals surface area contributed by atoms with Gasteiger partial charge in [0.15, 0.2) is 0 Å². The fourth-order valence-corrected chi connectivity index (χ4v) is 0.902. The fraction of sp³-hybridized carbons (Fsp3) is 0.600. The van der Waals surface area contributed by atoms with Gasteiger partial charge in [-0.15, -0.1) is 0 Å². The van der Waals surface area contributed by atoms with Gasteiger partial charge in [-0.25, -0.2) is 9.59 Å². The third-order valence-corrected chi connectivity index (χ3v) is 1.50. The number of hydrogen-bond donors (Lipinski definition) is 0. The lowest BCUT2D eigenvalue weighted by Crippen LogP contribution is -2.40. The highest BCUT2D eigenvalue weighted by molar-refractivity contribution is 6.39. The number of Topliss-reactive ketones (excluding diaryl/α,β-unsaturated/α-hetero) is 1. The molecule has 17 heavy (non-hydrogen) atoms. The number of ketones is 1. The van der Waals surface area contributed by atoms with E-state index in [9.17, 15) is 19.2 Å². The summed E-state index contributed by atoms with van der Waals surface area (Å²) in [5.41, 5.74) is 0. The highest BCUT2D eigenvalue weighted by atomic mass is 16.6. The monoisotopic (exact) mass is 246 g/mol. The van der Waals surface area contributed by atoms with Gasteiger partial charge in [-0.05, 0) is 13.8 Å². The molecule has 0 aromatic carbocycles. The van der Waals surface area contributed by atoms with Crippen molar-refractivity contribution in [1.82, 2.24) is 0 Å². The quantitative estimate of drug-likeness (QED) is 0.272. The van der Waals surface area contributed by atoms with Crippen molar-refractivity contribution in [2.75, 3.05) is 13.2 Å². The van der Waals surface area contributed by atoms with Crippen molar-refractivity contribution in [3.63, 3.8) is 0 Å².